The summed E-state index contributed by atoms with van der Waals surface area (Å²) < 4.78 is 5.62. The second kappa shape index (κ2) is 10.0. The molecule has 1 saturated heterocycles. The predicted molar refractivity (Wildman–Crippen MR) is 143 cm³/mol. The van der Waals surface area contributed by atoms with Crippen molar-refractivity contribution in [3.63, 3.8) is 0 Å². The number of hydrogen-bond acceptors (Lipinski definition) is 8. The van der Waals surface area contributed by atoms with Crippen molar-refractivity contribution >= 4 is 39.8 Å². The molecule has 36 heavy (non-hydrogen) atoms. The Balaban J connectivity index is 1.43. The minimum atomic E-state index is -0.276. The van der Waals surface area contributed by atoms with Gasteiger partial charge in [-0.25, -0.2) is 9.97 Å². The van der Waals surface area contributed by atoms with Crippen LogP contribution in [0.4, 0.5) is 23.0 Å². The van der Waals surface area contributed by atoms with Crippen molar-refractivity contribution in [1.29, 1.82) is 0 Å². The predicted octanol–water partition coefficient (Wildman–Crippen LogP) is 4.29. The van der Waals surface area contributed by atoms with Gasteiger partial charge >= 0.3 is 0 Å². The van der Waals surface area contributed by atoms with Gasteiger partial charge in [0.15, 0.2) is 0 Å². The SMILES string of the molecule is C=CC(=O)Nc1cccc(-c2nccc3cnc(Nc4ccc(NC5CN(C)C5)cc4OC)nc23)c1. The maximum absolute atomic E-state index is 11.7. The van der Waals surface area contributed by atoms with E-state index in [9.17, 15) is 4.79 Å². The zero-order chi connectivity index (χ0) is 25.1. The van der Waals surface area contributed by atoms with Gasteiger partial charge in [-0.2, -0.15) is 0 Å². The third kappa shape index (κ3) is 4.96. The Hall–Kier alpha value is -4.50. The van der Waals surface area contributed by atoms with Crippen LogP contribution in [0.1, 0.15) is 0 Å². The maximum Gasteiger partial charge on any atom is 0.247 e. The zero-order valence-electron chi connectivity index (χ0n) is 20.2. The number of methoxy groups -OCH3 is 1. The van der Waals surface area contributed by atoms with Crippen molar-refractivity contribution in [2.24, 2.45) is 0 Å². The van der Waals surface area contributed by atoms with Gasteiger partial charge in [0.05, 0.1) is 24.5 Å². The van der Waals surface area contributed by atoms with Gasteiger partial charge in [-0.1, -0.05) is 18.7 Å². The van der Waals surface area contributed by atoms with E-state index in [1.807, 2.05) is 48.5 Å². The normalized spacial score (nSPS) is 13.6. The summed E-state index contributed by atoms with van der Waals surface area (Å²) in [5, 5.41) is 10.4. The molecule has 0 radical (unpaired) electrons. The highest BCUT2D eigenvalue weighted by Crippen LogP contribution is 2.32. The summed E-state index contributed by atoms with van der Waals surface area (Å²) in [4.78, 5) is 27.8. The largest absolute Gasteiger partial charge is 0.494 e. The molecule has 0 atom stereocenters. The minimum absolute atomic E-state index is 0.276. The average molecular weight is 482 g/mol. The Morgan fingerprint density at radius 3 is 2.78 bits per heavy atom. The first kappa shape index (κ1) is 23.3. The number of ether oxygens (including phenoxy) is 1. The highest BCUT2D eigenvalue weighted by Gasteiger charge is 2.23. The second-order valence-electron chi connectivity index (χ2n) is 8.67. The number of aromatic nitrogens is 3. The first-order valence-electron chi connectivity index (χ1n) is 11.6. The molecule has 0 unspecified atom stereocenters. The Bertz CT molecular complexity index is 1430. The molecule has 3 N–H and O–H groups in total. The van der Waals surface area contributed by atoms with Crippen molar-refractivity contribution in [3.8, 4) is 17.0 Å². The van der Waals surface area contributed by atoms with Gasteiger partial charge in [0.25, 0.3) is 0 Å². The fourth-order valence-electron chi connectivity index (χ4n) is 4.20. The van der Waals surface area contributed by atoms with E-state index >= 15 is 0 Å². The lowest BCUT2D eigenvalue weighted by Crippen LogP contribution is -2.52. The first-order valence-corrected chi connectivity index (χ1v) is 11.6. The van der Waals surface area contributed by atoms with Crippen molar-refractivity contribution in [1.82, 2.24) is 19.9 Å². The Labute approximate surface area is 209 Å². The number of anilines is 4. The minimum Gasteiger partial charge on any atom is -0.494 e. The third-order valence-corrected chi connectivity index (χ3v) is 5.97. The van der Waals surface area contributed by atoms with Gasteiger partial charge in [0.2, 0.25) is 11.9 Å². The summed E-state index contributed by atoms with van der Waals surface area (Å²) in [6.07, 6.45) is 4.71. The molecule has 0 aliphatic carbocycles. The van der Waals surface area contributed by atoms with Gasteiger partial charge in [-0.05, 0) is 43.5 Å². The molecule has 5 rings (SSSR count). The fraction of sp³-hybridized carbons (Fsp3) is 0.185. The van der Waals surface area contributed by atoms with E-state index in [1.54, 1.807) is 19.5 Å². The lowest BCUT2D eigenvalue weighted by molar-refractivity contribution is -0.111. The molecule has 2 aromatic carbocycles. The van der Waals surface area contributed by atoms with Crippen LogP contribution >= 0.6 is 0 Å². The number of benzene rings is 2. The van der Waals surface area contributed by atoms with Crippen molar-refractivity contribution in [2.45, 2.75) is 6.04 Å². The number of likely N-dealkylation sites (N-methyl/N-ethyl adjacent to an activating group) is 1. The molecule has 1 aliphatic heterocycles. The lowest BCUT2D eigenvalue weighted by atomic mass is 10.1. The second-order valence-corrected chi connectivity index (χ2v) is 8.67. The lowest BCUT2D eigenvalue weighted by Gasteiger charge is -2.37. The average Bonchev–Trinajstić information content (AvgIpc) is 2.88. The smallest absolute Gasteiger partial charge is 0.247 e. The van der Waals surface area contributed by atoms with Gasteiger partial charge in [0.1, 0.15) is 11.3 Å². The van der Waals surface area contributed by atoms with Crippen molar-refractivity contribution in [2.75, 3.05) is 43.2 Å². The van der Waals surface area contributed by atoms with E-state index in [4.69, 9.17) is 9.72 Å². The highest BCUT2D eigenvalue weighted by atomic mass is 16.5. The molecule has 1 fully saturated rings. The molecule has 4 aromatic rings. The van der Waals surface area contributed by atoms with Crippen LogP contribution < -0.4 is 20.7 Å². The number of pyridine rings is 1. The van der Waals surface area contributed by atoms with E-state index in [0.717, 1.165) is 35.4 Å². The number of nitrogens with one attached hydrogen (secondary N) is 3. The summed E-state index contributed by atoms with van der Waals surface area (Å²) in [7, 11) is 3.75. The molecule has 0 saturated carbocycles. The van der Waals surface area contributed by atoms with Crippen molar-refractivity contribution in [3.05, 3.63) is 73.6 Å². The number of likely N-dealkylation sites (tertiary alicyclic amines) is 1. The monoisotopic (exact) mass is 481 g/mol. The van der Waals surface area contributed by atoms with Crippen molar-refractivity contribution < 1.29 is 9.53 Å². The van der Waals surface area contributed by atoms with Gasteiger partial charge < -0.3 is 25.6 Å². The van der Waals surface area contributed by atoms with Gasteiger partial charge in [-0.3, -0.25) is 9.78 Å². The Morgan fingerprint density at radius 2 is 2.00 bits per heavy atom. The van der Waals surface area contributed by atoms with Gasteiger partial charge in [0, 0.05) is 53.9 Å². The number of rotatable bonds is 8. The van der Waals surface area contributed by atoms with E-state index in [-0.39, 0.29) is 5.91 Å². The maximum atomic E-state index is 11.7. The van der Waals surface area contributed by atoms with E-state index in [0.29, 0.717) is 34.6 Å². The van der Waals surface area contributed by atoms with E-state index < -0.39 is 0 Å². The van der Waals surface area contributed by atoms with E-state index in [1.165, 1.54) is 6.08 Å². The van der Waals surface area contributed by atoms with Crippen LogP contribution in [0.2, 0.25) is 0 Å². The van der Waals surface area contributed by atoms with Crippen LogP contribution in [-0.4, -0.2) is 59.0 Å². The molecule has 0 spiro atoms. The van der Waals surface area contributed by atoms with Gasteiger partial charge in [-0.15, -0.1) is 0 Å². The molecule has 1 aliphatic rings. The highest BCUT2D eigenvalue weighted by molar-refractivity contribution is 5.99. The summed E-state index contributed by atoms with van der Waals surface area (Å²) >= 11 is 0. The topological polar surface area (TPSA) is 104 Å². The Kier molecular flexibility index (Phi) is 6.46. The molecular weight excluding hydrogens is 454 g/mol. The summed E-state index contributed by atoms with van der Waals surface area (Å²) in [5.74, 6) is 0.836. The van der Waals surface area contributed by atoms with Crippen LogP contribution in [0.25, 0.3) is 22.2 Å². The van der Waals surface area contributed by atoms with Crippen LogP contribution in [-0.2, 0) is 4.79 Å². The molecular formula is C27H27N7O2. The third-order valence-electron chi connectivity index (χ3n) is 5.97. The number of amides is 1. The summed E-state index contributed by atoms with van der Waals surface area (Å²) in [5.41, 5.74) is 4.60. The summed E-state index contributed by atoms with van der Waals surface area (Å²) in [6, 6.07) is 15.7. The fourth-order valence-corrected chi connectivity index (χ4v) is 4.20. The molecule has 2 aromatic heterocycles. The number of carbonyl (C=O) groups excluding carboxylic acids is 1. The van der Waals surface area contributed by atoms with E-state index in [2.05, 4.69) is 44.4 Å². The van der Waals surface area contributed by atoms with Crippen LogP contribution in [0, 0.1) is 0 Å². The number of hydrogen-bond donors (Lipinski definition) is 3. The molecule has 1 amide bonds. The zero-order valence-corrected chi connectivity index (χ0v) is 20.2. The Morgan fingerprint density at radius 1 is 1.14 bits per heavy atom. The number of fused-ring (bicyclic) bond motifs is 1. The summed E-state index contributed by atoms with van der Waals surface area (Å²) in [6.45, 7) is 5.54. The number of nitrogens with zero attached hydrogens (tertiary/aromatic N) is 4. The molecule has 3 heterocycles. The van der Waals surface area contributed by atoms with Crippen LogP contribution in [0.3, 0.4) is 0 Å². The number of carbonyl (C=O) groups is 1. The molecule has 0 bridgehead atoms. The van der Waals surface area contributed by atoms with Crippen LogP contribution in [0.15, 0.2) is 73.6 Å². The first-order chi connectivity index (χ1) is 17.5. The quantitative estimate of drug-likeness (QED) is 0.320. The molecule has 9 nitrogen and oxygen atoms in total. The van der Waals surface area contributed by atoms with Crippen LogP contribution in [0.5, 0.6) is 5.75 Å². The molecule has 182 valence electrons. The standard InChI is InChI=1S/C27H27N7O2/c1-4-24(35)31-19-7-5-6-17(12-19)25-26-18(10-11-28-25)14-29-27(33-26)32-22-9-8-20(13-23(22)36-3)30-21-15-34(2)16-21/h4-14,21,30H,1,15-16H2,2-3H3,(H,31,35)(H,29,32,33). The molecule has 9 heteroatoms.